The fourth-order valence-corrected chi connectivity index (χ4v) is 3.69. The Labute approximate surface area is 148 Å². The highest BCUT2D eigenvalue weighted by Gasteiger charge is 2.34. The van der Waals surface area contributed by atoms with Crippen LogP contribution >= 0.6 is 35.6 Å². The normalized spacial score (nSPS) is 16.3. The second-order valence-corrected chi connectivity index (χ2v) is 6.79. The van der Waals surface area contributed by atoms with Gasteiger partial charge in [-0.15, -0.1) is 0 Å². The van der Waals surface area contributed by atoms with E-state index in [9.17, 15) is 4.79 Å². The van der Waals surface area contributed by atoms with Crippen LogP contribution in [0.25, 0.3) is 6.08 Å². The number of thiocarbonyl (C=S) groups is 1. The lowest BCUT2D eigenvalue weighted by Crippen LogP contribution is -2.27. The summed E-state index contributed by atoms with van der Waals surface area (Å²) in [6.07, 6.45) is 1.76. The number of carbonyl (C=O) groups excluding carboxylic acids is 1. The molecular weight excluding hydrogens is 350 g/mol. The van der Waals surface area contributed by atoms with E-state index in [1.165, 1.54) is 16.7 Å². The molecule has 0 unspecified atom stereocenters. The molecule has 1 fully saturated rings. The van der Waals surface area contributed by atoms with Gasteiger partial charge in [-0.1, -0.05) is 65.9 Å². The highest BCUT2D eigenvalue weighted by Crippen LogP contribution is 2.40. The molecule has 6 heteroatoms. The van der Waals surface area contributed by atoms with Gasteiger partial charge in [-0.3, -0.25) is 9.69 Å². The van der Waals surface area contributed by atoms with Crippen molar-refractivity contribution in [3.63, 3.8) is 0 Å². The number of thioether (sulfide) groups is 1. The van der Waals surface area contributed by atoms with E-state index in [0.29, 0.717) is 25.7 Å². The molecule has 0 N–H and O–H groups in total. The molecule has 1 saturated heterocycles. The number of anilines is 1. The largest absolute Gasteiger partial charge is 0.495 e. The third-order valence-corrected chi connectivity index (χ3v) is 4.96. The maximum absolute atomic E-state index is 12.8. The number of halogens is 1. The summed E-state index contributed by atoms with van der Waals surface area (Å²) in [4.78, 5) is 14.8. The molecule has 2 aromatic carbocycles. The number of ether oxygens (including phenoxy) is 1. The van der Waals surface area contributed by atoms with Gasteiger partial charge in [-0.05, 0) is 29.8 Å². The van der Waals surface area contributed by atoms with Gasteiger partial charge in [0.05, 0.1) is 17.7 Å². The van der Waals surface area contributed by atoms with Crippen molar-refractivity contribution in [2.24, 2.45) is 0 Å². The zero-order valence-electron chi connectivity index (χ0n) is 12.2. The first-order chi connectivity index (χ1) is 11.1. The molecule has 1 amide bonds. The summed E-state index contributed by atoms with van der Waals surface area (Å²) in [7, 11) is 1.57. The van der Waals surface area contributed by atoms with Crippen LogP contribution in [-0.2, 0) is 4.79 Å². The van der Waals surface area contributed by atoms with E-state index in [0.717, 1.165) is 5.56 Å². The first kappa shape index (κ1) is 16.1. The Balaban J connectivity index is 1.99. The fraction of sp³-hybridized carbons (Fsp3) is 0.0588. The molecule has 0 spiro atoms. The van der Waals surface area contributed by atoms with E-state index in [1.807, 2.05) is 36.4 Å². The van der Waals surface area contributed by atoms with Crippen LogP contribution in [0.15, 0.2) is 53.4 Å². The molecule has 3 nitrogen and oxygen atoms in total. The van der Waals surface area contributed by atoms with Crippen molar-refractivity contribution in [1.82, 2.24) is 0 Å². The van der Waals surface area contributed by atoms with Gasteiger partial charge in [0.1, 0.15) is 5.75 Å². The van der Waals surface area contributed by atoms with Gasteiger partial charge in [0.15, 0.2) is 4.32 Å². The van der Waals surface area contributed by atoms with Crippen molar-refractivity contribution in [3.05, 3.63) is 64.0 Å². The van der Waals surface area contributed by atoms with Crippen molar-refractivity contribution in [3.8, 4) is 5.75 Å². The average Bonchev–Trinajstić information content (AvgIpc) is 2.83. The van der Waals surface area contributed by atoms with Gasteiger partial charge in [0.2, 0.25) is 0 Å². The lowest BCUT2D eigenvalue weighted by Gasteiger charge is -2.17. The molecule has 116 valence electrons. The topological polar surface area (TPSA) is 29.5 Å². The average molecular weight is 362 g/mol. The number of benzene rings is 2. The van der Waals surface area contributed by atoms with E-state index in [1.54, 1.807) is 25.3 Å². The van der Waals surface area contributed by atoms with Crippen molar-refractivity contribution < 1.29 is 9.53 Å². The number of methoxy groups -OCH3 is 1. The van der Waals surface area contributed by atoms with Crippen LogP contribution in [0.5, 0.6) is 5.75 Å². The van der Waals surface area contributed by atoms with Crippen molar-refractivity contribution in [2.75, 3.05) is 12.0 Å². The van der Waals surface area contributed by atoms with Crippen LogP contribution < -0.4 is 9.64 Å². The first-order valence-corrected chi connectivity index (χ1v) is 8.37. The highest BCUT2D eigenvalue weighted by atomic mass is 35.5. The molecule has 0 radical (unpaired) electrons. The Morgan fingerprint density at radius 2 is 1.87 bits per heavy atom. The third-order valence-electron chi connectivity index (χ3n) is 3.31. The van der Waals surface area contributed by atoms with Crippen LogP contribution in [0.1, 0.15) is 5.56 Å². The Hall–Kier alpha value is -1.82. The predicted molar refractivity (Wildman–Crippen MR) is 100 cm³/mol. The van der Waals surface area contributed by atoms with Crippen molar-refractivity contribution in [2.45, 2.75) is 0 Å². The van der Waals surface area contributed by atoms with Crippen LogP contribution in [0.2, 0.25) is 5.02 Å². The summed E-state index contributed by atoms with van der Waals surface area (Å²) < 4.78 is 5.79. The molecular formula is C17H12ClNO2S2. The number of amides is 1. The molecule has 1 aliphatic rings. The molecule has 1 heterocycles. The zero-order valence-corrected chi connectivity index (χ0v) is 14.5. The highest BCUT2D eigenvalue weighted by molar-refractivity contribution is 8.27. The summed E-state index contributed by atoms with van der Waals surface area (Å²) in [6.45, 7) is 0. The van der Waals surface area contributed by atoms with Gasteiger partial charge in [-0.2, -0.15) is 0 Å². The summed E-state index contributed by atoms with van der Waals surface area (Å²) in [5, 5.41) is 0.593. The SMILES string of the molecule is COc1ccccc1N1C(=O)C(=Cc2ccccc2Cl)SC1=S. The van der Waals surface area contributed by atoms with Gasteiger partial charge >= 0.3 is 0 Å². The molecule has 0 aliphatic carbocycles. The molecule has 0 bridgehead atoms. The molecule has 23 heavy (non-hydrogen) atoms. The van der Waals surface area contributed by atoms with E-state index in [4.69, 9.17) is 28.6 Å². The van der Waals surface area contributed by atoms with Gasteiger partial charge in [0, 0.05) is 5.02 Å². The Morgan fingerprint density at radius 3 is 2.61 bits per heavy atom. The molecule has 1 aliphatic heterocycles. The van der Waals surface area contributed by atoms with Crippen LogP contribution in [0.4, 0.5) is 5.69 Å². The summed E-state index contributed by atoms with van der Waals surface area (Å²) in [5.41, 5.74) is 1.43. The fourth-order valence-electron chi connectivity index (χ4n) is 2.22. The van der Waals surface area contributed by atoms with E-state index >= 15 is 0 Å². The molecule has 0 saturated carbocycles. The minimum Gasteiger partial charge on any atom is -0.495 e. The molecule has 0 aromatic heterocycles. The number of rotatable bonds is 3. The monoisotopic (exact) mass is 361 g/mol. The van der Waals surface area contributed by atoms with E-state index < -0.39 is 0 Å². The third kappa shape index (κ3) is 3.13. The van der Waals surface area contributed by atoms with Crippen LogP contribution in [0, 0.1) is 0 Å². The van der Waals surface area contributed by atoms with Crippen LogP contribution in [0.3, 0.4) is 0 Å². The smallest absolute Gasteiger partial charge is 0.270 e. The number of para-hydroxylation sites is 2. The number of hydrogen-bond donors (Lipinski definition) is 0. The van der Waals surface area contributed by atoms with E-state index in [2.05, 4.69) is 0 Å². The lowest BCUT2D eigenvalue weighted by atomic mass is 10.2. The van der Waals surface area contributed by atoms with Crippen molar-refractivity contribution >= 4 is 57.6 Å². The summed E-state index contributed by atoms with van der Waals surface area (Å²) in [5.74, 6) is 0.423. The Kier molecular flexibility index (Phi) is 4.71. The Bertz CT molecular complexity index is 820. The maximum Gasteiger partial charge on any atom is 0.270 e. The quantitative estimate of drug-likeness (QED) is 0.582. The second kappa shape index (κ2) is 6.74. The Morgan fingerprint density at radius 1 is 1.17 bits per heavy atom. The van der Waals surface area contributed by atoms with Gasteiger partial charge < -0.3 is 4.74 Å². The summed E-state index contributed by atoms with van der Waals surface area (Å²) in [6, 6.07) is 14.7. The number of hydrogen-bond acceptors (Lipinski definition) is 4. The molecule has 0 atom stereocenters. The minimum absolute atomic E-state index is 0.176. The van der Waals surface area contributed by atoms with Crippen LogP contribution in [-0.4, -0.2) is 17.3 Å². The predicted octanol–water partition coefficient (Wildman–Crippen LogP) is 4.75. The number of carbonyl (C=O) groups is 1. The van der Waals surface area contributed by atoms with Gasteiger partial charge in [0.25, 0.3) is 5.91 Å². The van der Waals surface area contributed by atoms with Gasteiger partial charge in [-0.25, -0.2) is 0 Å². The summed E-state index contributed by atoms with van der Waals surface area (Å²) >= 11 is 12.8. The van der Waals surface area contributed by atoms with Crippen molar-refractivity contribution in [1.29, 1.82) is 0 Å². The van der Waals surface area contributed by atoms with E-state index in [-0.39, 0.29) is 5.91 Å². The zero-order chi connectivity index (χ0) is 16.4. The lowest BCUT2D eigenvalue weighted by molar-refractivity contribution is -0.113. The minimum atomic E-state index is -0.176. The number of nitrogens with zero attached hydrogens (tertiary/aromatic N) is 1. The maximum atomic E-state index is 12.8. The molecule has 2 aromatic rings. The second-order valence-electron chi connectivity index (χ2n) is 4.71. The first-order valence-electron chi connectivity index (χ1n) is 6.77. The molecule has 3 rings (SSSR count). The standard InChI is InChI=1S/C17H12ClNO2S2/c1-21-14-9-5-4-8-13(14)19-16(20)15(23-17(19)22)10-11-6-2-3-7-12(11)18/h2-10H,1H3.